The van der Waals surface area contributed by atoms with Crippen LogP contribution in [0.4, 0.5) is 4.39 Å². The number of nitrogens with one attached hydrogen (secondary N) is 1. The van der Waals surface area contributed by atoms with E-state index >= 15 is 0 Å². The molecule has 3 rings (SSSR count). The zero-order chi connectivity index (χ0) is 18.9. The van der Waals surface area contributed by atoms with Crippen LogP contribution in [-0.4, -0.2) is 39.6 Å². The van der Waals surface area contributed by atoms with Crippen molar-refractivity contribution in [1.29, 1.82) is 0 Å². The molecule has 5 nitrogen and oxygen atoms in total. The molecule has 2 unspecified atom stereocenters. The molecule has 0 radical (unpaired) electrons. The SMILES string of the molecule is Cc1ccc(S(=O)(=O)C2CS(=O)(=O)CC2NCc2ccc(F)cc2)cc1. The minimum atomic E-state index is -3.79. The van der Waals surface area contributed by atoms with Crippen molar-refractivity contribution in [3.8, 4) is 0 Å². The summed E-state index contributed by atoms with van der Waals surface area (Å²) in [5.41, 5.74) is 1.68. The Bertz CT molecular complexity index is 984. The average Bonchev–Trinajstić information content (AvgIpc) is 2.90. The molecular formula is C18H20FNO4S2. The molecule has 2 aromatic carbocycles. The second kappa shape index (κ2) is 7.09. The van der Waals surface area contributed by atoms with Gasteiger partial charge in [-0.15, -0.1) is 0 Å². The number of rotatable bonds is 5. The number of aryl methyl sites for hydroxylation is 1. The molecule has 1 N–H and O–H groups in total. The number of benzene rings is 2. The average molecular weight is 397 g/mol. The summed E-state index contributed by atoms with van der Waals surface area (Å²) < 4.78 is 63.0. The molecule has 0 aliphatic carbocycles. The Morgan fingerprint density at radius 1 is 1.04 bits per heavy atom. The van der Waals surface area contributed by atoms with Gasteiger partial charge in [-0.2, -0.15) is 0 Å². The van der Waals surface area contributed by atoms with Gasteiger partial charge in [0.15, 0.2) is 19.7 Å². The van der Waals surface area contributed by atoms with Crippen LogP contribution in [0.5, 0.6) is 0 Å². The fourth-order valence-electron chi connectivity index (χ4n) is 3.07. The summed E-state index contributed by atoms with van der Waals surface area (Å²) in [5.74, 6) is -0.995. The molecule has 1 saturated heterocycles. The number of sulfone groups is 2. The van der Waals surface area contributed by atoms with Gasteiger partial charge in [-0.25, -0.2) is 21.2 Å². The van der Waals surface area contributed by atoms with Gasteiger partial charge >= 0.3 is 0 Å². The predicted octanol–water partition coefficient (Wildman–Crippen LogP) is 1.86. The lowest BCUT2D eigenvalue weighted by Crippen LogP contribution is -2.43. The third-order valence-electron chi connectivity index (χ3n) is 4.53. The first kappa shape index (κ1) is 19.0. The van der Waals surface area contributed by atoms with Crippen molar-refractivity contribution in [3.63, 3.8) is 0 Å². The molecule has 0 aromatic heterocycles. The summed E-state index contributed by atoms with van der Waals surface area (Å²) in [7, 11) is -7.25. The summed E-state index contributed by atoms with van der Waals surface area (Å²) >= 11 is 0. The molecule has 1 aliphatic rings. The third kappa shape index (κ3) is 4.13. The molecule has 2 atom stereocenters. The molecule has 0 bridgehead atoms. The van der Waals surface area contributed by atoms with Crippen molar-refractivity contribution in [3.05, 3.63) is 65.5 Å². The molecule has 0 spiro atoms. The number of hydrogen-bond donors (Lipinski definition) is 1. The van der Waals surface area contributed by atoms with Gasteiger partial charge in [0, 0.05) is 12.6 Å². The van der Waals surface area contributed by atoms with Gasteiger partial charge in [-0.1, -0.05) is 29.8 Å². The van der Waals surface area contributed by atoms with Gasteiger partial charge in [0.2, 0.25) is 0 Å². The van der Waals surface area contributed by atoms with Crippen LogP contribution in [0.1, 0.15) is 11.1 Å². The van der Waals surface area contributed by atoms with E-state index in [1.807, 2.05) is 6.92 Å². The van der Waals surface area contributed by atoms with E-state index in [0.29, 0.717) is 0 Å². The molecule has 1 heterocycles. The normalized spacial score (nSPS) is 22.4. The van der Waals surface area contributed by atoms with Crippen LogP contribution in [0.2, 0.25) is 0 Å². The summed E-state index contributed by atoms with van der Waals surface area (Å²) in [4.78, 5) is 0.124. The van der Waals surface area contributed by atoms with Gasteiger partial charge < -0.3 is 5.32 Å². The Morgan fingerprint density at radius 2 is 1.65 bits per heavy atom. The van der Waals surface area contributed by atoms with Gasteiger partial charge in [-0.05, 0) is 36.8 Å². The number of halogens is 1. The first-order valence-electron chi connectivity index (χ1n) is 8.16. The van der Waals surface area contributed by atoms with Crippen molar-refractivity contribution >= 4 is 19.7 Å². The quantitative estimate of drug-likeness (QED) is 0.833. The molecule has 26 heavy (non-hydrogen) atoms. The van der Waals surface area contributed by atoms with Gasteiger partial charge in [0.1, 0.15) is 5.82 Å². The van der Waals surface area contributed by atoms with Gasteiger partial charge in [0.05, 0.1) is 21.7 Å². The molecule has 0 amide bonds. The molecular weight excluding hydrogens is 377 g/mol. The Hall–Kier alpha value is -1.77. The topological polar surface area (TPSA) is 80.3 Å². The highest BCUT2D eigenvalue weighted by molar-refractivity contribution is 7.96. The first-order chi connectivity index (χ1) is 12.2. The highest BCUT2D eigenvalue weighted by Crippen LogP contribution is 2.26. The second-order valence-corrected chi connectivity index (χ2v) is 10.9. The van der Waals surface area contributed by atoms with Crippen LogP contribution in [0.15, 0.2) is 53.4 Å². The molecule has 1 aliphatic heterocycles. The smallest absolute Gasteiger partial charge is 0.183 e. The zero-order valence-electron chi connectivity index (χ0n) is 14.2. The Kier molecular flexibility index (Phi) is 5.18. The van der Waals surface area contributed by atoms with Crippen LogP contribution in [0.3, 0.4) is 0 Å². The Morgan fingerprint density at radius 3 is 2.27 bits per heavy atom. The minimum absolute atomic E-state index is 0.124. The molecule has 1 fully saturated rings. The maximum absolute atomic E-state index is 13.0. The predicted molar refractivity (Wildman–Crippen MR) is 97.8 cm³/mol. The molecule has 8 heteroatoms. The molecule has 2 aromatic rings. The summed E-state index contributed by atoms with van der Waals surface area (Å²) in [6.45, 7) is 2.11. The van der Waals surface area contributed by atoms with Crippen LogP contribution >= 0.6 is 0 Å². The van der Waals surface area contributed by atoms with E-state index in [9.17, 15) is 21.2 Å². The van der Waals surface area contributed by atoms with Gasteiger partial charge in [0.25, 0.3) is 0 Å². The summed E-state index contributed by atoms with van der Waals surface area (Å²) in [6.07, 6.45) is 0. The Labute approximate surface area is 153 Å². The van der Waals surface area contributed by atoms with Crippen molar-refractivity contribution < 1.29 is 21.2 Å². The van der Waals surface area contributed by atoms with Crippen LogP contribution < -0.4 is 5.32 Å². The fourth-order valence-corrected chi connectivity index (χ4v) is 7.78. The second-order valence-electron chi connectivity index (χ2n) is 6.59. The van der Waals surface area contributed by atoms with Crippen molar-refractivity contribution in [2.24, 2.45) is 0 Å². The largest absolute Gasteiger partial charge is 0.308 e. The zero-order valence-corrected chi connectivity index (χ0v) is 15.9. The standard InChI is InChI=1S/C18H20FNO4S2/c1-13-2-8-16(9-3-13)26(23,24)18-12-25(21,22)11-17(18)20-10-14-4-6-15(19)7-5-14/h2-9,17-18,20H,10-12H2,1H3. The van der Waals surface area contributed by atoms with E-state index in [1.165, 1.54) is 24.3 Å². The lowest BCUT2D eigenvalue weighted by Gasteiger charge is -2.20. The van der Waals surface area contributed by atoms with Crippen LogP contribution in [0, 0.1) is 12.7 Å². The van der Waals surface area contributed by atoms with E-state index in [2.05, 4.69) is 5.32 Å². The lowest BCUT2D eigenvalue weighted by atomic mass is 10.2. The molecule has 0 saturated carbocycles. The maximum Gasteiger partial charge on any atom is 0.183 e. The Balaban J connectivity index is 1.83. The highest BCUT2D eigenvalue weighted by Gasteiger charge is 2.45. The summed E-state index contributed by atoms with van der Waals surface area (Å²) in [6, 6.07) is 11.5. The number of hydrogen-bond acceptors (Lipinski definition) is 5. The van der Waals surface area contributed by atoms with Crippen LogP contribution in [0.25, 0.3) is 0 Å². The van der Waals surface area contributed by atoms with Crippen molar-refractivity contribution in [2.75, 3.05) is 11.5 Å². The van der Waals surface area contributed by atoms with Gasteiger partial charge in [-0.3, -0.25) is 0 Å². The first-order valence-corrected chi connectivity index (χ1v) is 11.5. The monoisotopic (exact) mass is 397 g/mol. The third-order valence-corrected chi connectivity index (χ3v) is 8.70. The van der Waals surface area contributed by atoms with E-state index in [1.54, 1.807) is 24.3 Å². The minimum Gasteiger partial charge on any atom is -0.308 e. The maximum atomic E-state index is 13.0. The van der Waals surface area contributed by atoms with E-state index in [0.717, 1.165) is 11.1 Å². The molecule has 140 valence electrons. The van der Waals surface area contributed by atoms with Crippen molar-refractivity contribution in [2.45, 2.75) is 29.7 Å². The van der Waals surface area contributed by atoms with E-state index in [-0.39, 0.29) is 23.0 Å². The lowest BCUT2D eigenvalue weighted by molar-refractivity contribution is 0.525. The highest BCUT2D eigenvalue weighted by atomic mass is 32.2. The van der Waals surface area contributed by atoms with E-state index < -0.39 is 36.7 Å². The van der Waals surface area contributed by atoms with Crippen molar-refractivity contribution in [1.82, 2.24) is 5.32 Å². The van der Waals surface area contributed by atoms with E-state index in [4.69, 9.17) is 0 Å². The van der Waals surface area contributed by atoms with Crippen LogP contribution in [-0.2, 0) is 26.2 Å². The summed E-state index contributed by atoms with van der Waals surface area (Å²) in [5, 5.41) is 1.98. The fraction of sp³-hybridized carbons (Fsp3) is 0.333.